The van der Waals surface area contributed by atoms with Crippen molar-refractivity contribution in [3.8, 4) is 0 Å². The summed E-state index contributed by atoms with van der Waals surface area (Å²) in [5.74, 6) is -0.0362. The third-order valence-electron chi connectivity index (χ3n) is 3.99. The summed E-state index contributed by atoms with van der Waals surface area (Å²) in [6.45, 7) is 4.53. The van der Waals surface area contributed by atoms with Crippen LogP contribution in [0.4, 0.5) is 11.5 Å². The molecule has 0 aromatic carbocycles. The number of nitrogens with one attached hydrogen (secondary N) is 1. The van der Waals surface area contributed by atoms with Gasteiger partial charge in [-0.1, -0.05) is 0 Å². The van der Waals surface area contributed by atoms with E-state index in [1.807, 2.05) is 6.92 Å². The van der Waals surface area contributed by atoms with Crippen molar-refractivity contribution < 1.29 is 14.3 Å². The Morgan fingerprint density at radius 3 is 2.88 bits per heavy atom. The third-order valence-corrected chi connectivity index (χ3v) is 3.99. The largest absolute Gasteiger partial charge is 0.399 e. The molecular weight excluding hydrogens is 334 g/mol. The van der Waals surface area contributed by atoms with Crippen LogP contribution in [0, 0.1) is 6.92 Å². The predicted molar refractivity (Wildman–Crippen MR) is 96.5 cm³/mol. The molecule has 2 aromatic rings. The summed E-state index contributed by atoms with van der Waals surface area (Å²) in [4.78, 5) is 34.2. The fraction of sp³-hybridized carbons (Fsp3) is 0.333. The number of amides is 2. The van der Waals surface area contributed by atoms with Gasteiger partial charge in [0.2, 0.25) is 5.91 Å². The molecule has 2 aromatic heterocycles. The van der Waals surface area contributed by atoms with Gasteiger partial charge in [0, 0.05) is 36.6 Å². The molecule has 1 fully saturated rings. The lowest BCUT2D eigenvalue weighted by Gasteiger charge is -2.33. The SMILES string of the molecule is CC(=O)Nc1cc(C(=O)N2CCO[C@H](c3cc(N)cc(C)n3)C2)ccn1. The quantitative estimate of drug-likeness (QED) is 0.864. The van der Waals surface area contributed by atoms with Crippen LogP contribution >= 0.6 is 0 Å². The zero-order chi connectivity index (χ0) is 18.7. The van der Waals surface area contributed by atoms with Crippen LogP contribution in [0.1, 0.15) is 34.8 Å². The molecule has 2 amide bonds. The number of anilines is 2. The molecule has 0 saturated carbocycles. The number of rotatable bonds is 3. The van der Waals surface area contributed by atoms with Crippen molar-refractivity contribution in [3.05, 3.63) is 47.4 Å². The Morgan fingerprint density at radius 2 is 2.15 bits per heavy atom. The Kier molecular flexibility index (Phi) is 5.13. The molecule has 26 heavy (non-hydrogen) atoms. The fourth-order valence-electron chi connectivity index (χ4n) is 2.89. The lowest BCUT2D eigenvalue weighted by molar-refractivity contribution is -0.114. The standard InChI is InChI=1S/C18H21N5O3/c1-11-7-14(19)9-15(21-11)16-10-23(5-6-26-16)18(25)13-3-4-20-17(8-13)22-12(2)24/h3-4,7-9,16H,5-6,10H2,1-2H3,(H2,19,21)(H,20,22,24)/t16-/m0/s1. The Bertz CT molecular complexity index is 819. The van der Waals surface area contributed by atoms with Crippen LogP contribution in [-0.2, 0) is 9.53 Å². The zero-order valence-electron chi connectivity index (χ0n) is 14.7. The number of nitrogens with two attached hydrogens (primary N) is 1. The van der Waals surface area contributed by atoms with Crippen molar-refractivity contribution >= 4 is 23.3 Å². The normalized spacial score (nSPS) is 17.0. The molecule has 0 radical (unpaired) electrons. The van der Waals surface area contributed by atoms with E-state index in [0.717, 1.165) is 5.69 Å². The van der Waals surface area contributed by atoms with Gasteiger partial charge in [0.15, 0.2) is 0 Å². The first-order valence-electron chi connectivity index (χ1n) is 8.31. The van der Waals surface area contributed by atoms with Gasteiger partial charge in [0.05, 0.1) is 18.8 Å². The van der Waals surface area contributed by atoms with Gasteiger partial charge in [0.25, 0.3) is 5.91 Å². The predicted octanol–water partition coefficient (Wildman–Crippen LogP) is 1.54. The second-order valence-electron chi connectivity index (χ2n) is 6.19. The summed E-state index contributed by atoms with van der Waals surface area (Å²) in [5, 5.41) is 2.58. The minimum absolute atomic E-state index is 0.145. The van der Waals surface area contributed by atoms with Crippen LogP contribution in [-0.4, -0.2) is 46.4 Å². The van der Waals surface area contributed by atoms with Crippen molar-refractivity contribution in [1.82, 2.24) is 14.9 Å². The van der Waals surface area contributed by atoms with Crippen LogP contribution in [0.2, 0.25) is 0 Å². The molecule has 8 heteroatoms. The number of morpholine rings is 1. The molecule has 1 saturated heterocycles. The first-order valence-corrected chi connectivity index (χ1v) is 8.31. The van der Waals surface area contributed by atoms with Gasteiger partial charge in [-0.2, -0.15) is 0 Å². The maximum atomic E-state index is 12.8. The van der Waals surface area contributed by atoms with Gasteiger partial charge in [0.1, 0.15) is 11.9 Å². The summed E-state index contributed by atoms with van der Waals surface area (Å²) in [5.41, 5.74) is 8.49. The highest BCUT2D eigenvalue weighted by molar-refractivity contribution is 5.96. The van der Waals surface area contributed by atoms with E-state index >= 15 is 0 Å². The number of hydrogen-bond acceptors (Lipinski definition) is 6. The van der Waals surface area contributed by atoms with Crippen molar-refractivity contribution in [2.24, 2.45) is 0 Å². The number of nitrogens with zero attached hydrogens (tertiary/aromatic N) is 3. The first kappa shape index (κ1) is 17.8. The molecule has 0 bridgehead atoms. The summed E-state index contributed by atoms with van der Waals surface area (Å²) >= 11 is 0. The van der Waals surface area contributed by atoms with Gasteiger partial charge < -0.3 is 20.7 Å². The van der Waals surface area contributed by atoms with E-state index in [-0.39, 0.29) is 17.9 Å². The van der Waals surface area contributed by atoms with Gasteiger partial charge in [-0.25, -0.2) is 4.98 Å². The lowest BCUT2D eigenvalue weighted by Crippen LogP contribution is -2.42. The minimum Gasteiger partial charge on any atom is -0.399 e. The van der Waals surface area contributed by atoms with Gasteiger partial charge in [-0.3, -0.25) is 14.6 Å². The monoisotopic (exact) mass is 355 g/mol. The second-order valence-corrected chi connectivity index (χ2v) is 6.19. The molecule has 3 rings (SSSR count). The molecule has 0 aliphatic carbocycles. The molecule has 8 nitrogen and oxygen atoms in total. The number of nitrogen functional groups attached to an aromatic ring is 1. The average Bonchev–Trinajstić information content (AvgIpc) is 2.60. The van der Waals surface area contributed by atoms with Crippen molar-refractivity contribution in [2.75, 3.05) is 30.7 Å². The Hall–Kier alpha value is -3.00. The first-order chi connectivity index (χ1) is 12.4. The van der Waals surface area contributed by atoms with Crippen molar-refractivity contribution in [1.29, 1.82) is 0 Å². The van der Waals surface area contributed by atoms with E-state index in [0.29, 0.717) is 42.5 Å². The second kappa shape index (κ2) is 7.49. The molecule has 0 spiro atoms. The minimum atomic E-state index is -0.327. The van der Waals surface area contributed by atoms with Gasteiger partial charge in [-0.15, -0.1) is 0 Å². The average molecular weight is 355 g/mol. The number of hydrogen-bond donors (Lipinski definition) is 2. The number of ether oxygens (including phenoxy) is 1. The van der Waals surface area contributed by atoms with E-state index in [1.54, 1.807) is 29.2 Å². The van der Waals surface area contributed by atoms with Crippen LogP contribution in [0.15, 0.2) is 30.5 Å². The molecule has 3 heterocycles. The molecule has 1 aliphatic rings. The molecule has 1 aliphatic heterocycles. The Balaban J connectivity index is 1.76. The lowest BCUT2D eigenvalue weighted by atomic mass is 10.1. The van der Waals surface area contributed by atoms with Crippen LogP contribution < -0.4 is 11.1 Å². The molecule has 0 unspecified atom stereocenters. The molecule has 136 valence electrons. The number of carbonyl (C=O) groups is 2. The maximum Gasteiger partial charge on any atom is 0.254 e. The zero-order valence-corrected chi connectivity index (χ0v) is 14.7. The molecule has 1 atom stereocenters. The molecule has 3 N–H and O–H groups in total. The van der Waals surface area contributed by atoms with Gasteiger partial charge >= 0.3 is 0 Å². The number of pyridine rings is 2. The van der Waals surface area contributed by atoms with Crippen molar-refractivity contribution in [3.63, 3.8) is 0 Å². The van der Waals surface area contributed by atoms with E-state index in [9.17, 15) is 9.59 Å². The fourth-order valence-corrected chi connectivity index (χ4v) is 2.89. The van der Waals surface area contributed by atoms with E-state index in [1.165, 1.54) is 13.1 Å². The van der Waals surface area contributed by atoms with Crippen LogP contribution in [0.25, 0.3) is 0 Å². The Labute approximate surface area is 151 Å². The summed E-state index contributed by atoms with van der Waals surface area (Å²) in [6.07, 6.45) is 1.17. The highest BCUT2D eigenvalue weighted by atomic mass is 16.5. The van der Waals surface area contributed by atoms with Crippen LogP contribution in [0.5, 0.6) is 0 Å². The summed E-state index contributed by atoms with van der Waals surface area (Å²) in [7, 11) is 0. The number of aryl methyl sites for hydroxylation is 1. The van der Waals surface area contributed by atoms with E-state index in [2.05, 4.69) is 15.3 Å². The molecular formula is C18H21N5O3. The maximum absolute atomic E-state index is 12.8. The highest BCUT2D eigenvalue weighted by Gasteiger charge is 2.27. The van der Waals surface area contributed by atoms with Crippen molar-refractivity contribution in [2.45, 2.75) is 20.0 Å². The van der Waals surface area contributed by atoms with Crippen LogP contribution in [0.3, 0.4) is 0 Å². The van der Waals surface area contributed by atoms with E-state index < -0.39 is 0 Å². The summed E-state index contributed by atoms with van der Waals surface area (Å²) in [6, 6.07) is 6.75. The van der Waals surface area contributed by atoms with Gasteiger partial charge in [-0.05, 0) is 31.2 Å². The van der Waals surface area contributed by atoms with E-state index in [4.69, 9.17) is 10.5 Å². The summed E-state index contributed by atoms with van der Waals surface area (Å²) < 4.78 is 5.79. The number of aromatic nitrogens is 2. The topological polar surface area (TPSA) is 110 Å². The third kappa shape index (κ3) is 4.15. The number of carbonyl (C=O) groups excluding carboxylic acids is 2. The smallest absolute Gasteiger partial charge is 0.254 e. The Morgan fingerprint density at radius 1 is 1.35 bits per heavy atom. The highest BCUT2D eigenvalue weighted by Crippen LogP contribution is 2.24.